The number of nitrogens with zero attached hydrogens (tertiary/aromatic N) is 1. The Morgan fingerprint density at radius 2 is 2.06 bits per heavy atom. The lowest BCUT2D eigenvalue weighted by molar-refractivity contribution is 0.144. The summed E-state index contributed by atoms with van der Waals surface area (Å²) in [6.45, 7) is 1.86. The molecule has 1 aliphatic carbocycles. The highest BCUT2D eigenvalue weighted by molar-refractivity contribution is 9.10. The molecule has 1 fully saturated rings. The fourth-order valence-corrected chi connectivity index (χ4v) is 3.22. The number of nitrogen functional groups attached to an aromatic ring is 1. The number of hydrogen-bond donors (Lipinski definition) is 2. The minimum absolute atomic E-state index is 0.225. The molecule has 2 rings (SSSR count). The molecule has 0 bridgehead atoms. The van der Waals surface area contributed by atoms with Crippen molar-refractivity contribution < 1.29 is 5.11 Å². The topological polar surface area (TPSA) is 49.5 Å². The number of hydrogen-bond acceptors (Lipinski definition) is 3. The van der Waals surface area contributed by atoms with Crippen LogP contribution in [0.1, 0.15) is 31.2 Å². The monoisotopic (exact) mass is 312 g/mol. The van der Waals surface area contributed by atoms with Crippen molar-refractivity contribution in [2.45, 2.75) is 38.3 Å². The molecular weight excluding hydrogens is 292 g/mol. The molecule has 0 atom stereocenters. The van der Waals surface area contributed by atoms with Crippen molar-refractivity contribution in [3.63, 3.8) is 0 Å². The molecule has 1 aliphatic rings. The zero-order chi connectivity index (χ0) is 13.0. The third-order valence-corrected chi connectivity index (χ3v) is 4.42. The average molecular weight is 313 g/mol. The summed E-state index contributed by atoms with van der Waals surface area (Å²) in [4.78, 5) is 2.39. The quantitative estimate of drug-likeness (QED) is 0.822. The second kappa shape index (κ2) is 6.55. The van der Waals surface area contributed by atoms with Gasteiger partial charge in [-0.15, -0.1) is 0 Å². The molecule has 100 valence electrons. The Morgan fingerprint density at radius 3 is 2.67 bits per heavy atom. The van der Waals surface area contributed by atoms with E-state index in [9.17, 15) is 5.11 Å². The van der Waals surface area contributed by atoms with E-state index in [4.69, 9.17) is 5.73 Å². The lowest BCUT2D eigenvalue weighted by Gasteiger charge is -2.28. The zero-order valence-corrected chi connectivity index (χ0v) is 12.2. The van der Waals surface area contributed by atoms with Crippen LogP contribution in [0.25, 0.3) is 0 Å². The molecule has 0 radical (unpaired) electrons. The Labute approximate surface area is 117 Å². The number of aliphatic hydroxyl groups is 1. The van der Waals surface area contributed by atoms with E-state index in [1.54, 1.807) is 0 Å². The van der Waals surface area contributed by atoms with Gasteiger partial charge in [-0.3, -0.25) is 4.90 Å². The van der Waals surface area contributed by atoms with Gasteiger partial charge in [0.25, 0.3) is 0 Å². The van der Waals surface area contributed by atoms with E-state index in [-0.39, 0.29) is 6.61 Å². The maximum absolute atomic E-state index is 9.22. The van der Waals surface area contributed by atoms with Crippen LogP contribution in [0.5, 0.6) is 0 Å². The van der Waals surface area contributed by atoms with E-state index >= 15 is 0 Å². The van der Waals surface area contributed by atoms with Gasteiger partial charge in [0, 0.05) is 29.3 Å². The lowest BCUT2D eigenvalue weighted by atomic mass is 10.1. The van der Waals surface area contributed by atoms with Crippen molar-refractivity contribution in [2.24, 2.45) is 0 Å². The van der Waals surface area contributed by atoms with Gasteiger partial charge in [0.15, 0.2) is 0 Å². The van der Waals surface area contributed by atoms with Crippen molar-refractivity contribution >= 4 is 21.6 Å². The van der Waals surface area contributed by atoms with Gasteiger partial charge in [0.2, 0.25) is 0 Å². The number of nitrogens with two attached hydrogens (primary N) is 1. The minimum atomic E-state index is 0.225. The molecule has 1 saturated carbocycles. The predicted octanol–water partition coefficient (Wildman–Crippen LogP) is 2.77. The largest absolute Gasteiger partial charge is 0.399 e. The minimum Gasteiger partial charge on any atom is -0.399 e. The second-order valence-electron chi connectivity index (χ2n) is 4.98. The lowest BCUT2D eigenvalue weighted by Crippen LogP contribution is -2.35. The van der Waals surface area contributed by atoms with Gasteiger partial charge in [-0.05, 0) is 30.5 Å². The molecule has 0 aromatic heterocycles. The molecular formula is C14H21BrN2O. The summed E-state index contributed by atoms with van der Waals surface area (Å²) in [5.41, 5.74) is 7.77. The van der Waals surface area contributed by atoms with Crippen molar-refractivity contribution in [3.8, 4) is 0 Å². The number of aliphatic hydroxyl groups excluding tert-OH is 1. The van der Waals surface area contributed by atoms with Crippen molar-refractivity contribution in [1.82, 2.24) is 4.90 Å². The first-order valence-electron chi connectivity index (χ1n) is 6.59. The van der Waals surface area contributed by atoms with Gasteiger partial charge in [-0.2, -0.15) is 0 Å². The smallest absolute Gasteiger partial charge is 0.0558 e. The molecule has 1 aromatic carbocycles. The Balaban J connectivity index is 2.07. The molecule has 0 aliphatic heterocycles. The summed E-state index contributed by atoms with van der Waals surface area (Å²) in [6, 6.07) is 6.58. The summed E-state index contributed by atoms with van der Waals surface area (Å²) in [5, 5.41) is 9.22. The molecule has 3 nitrogen and oxygen atoms in total. The number of anilines is 1. The molecule has 18 heavy (non-hydrogen) atoms. The van der Waals surface area contributed by atoms with E-state index in [2.05, 4.69) is 26.9 Å². The van der Waals surface area contributed by atoms with Crippen LogP contribution in [0.15, 0.2) is 22.7 Å². The summed E-state index contributed by atoms with van der Waals surface area (Å²) in [5.74, 6) is 0. The van der Waals surface area contributed by atoms with Crippen molar-refractivity contribution in [2.75, 3.05) is 18.9 Å². The van der Waals surface area contributed by atoms with Gasteiger partial charge in [0.05, 0.1) is 6.61 Å². The van der Waals surface area contributed by atoms with E-state index in [0.29, 0.717) is 6.04 Å². The van der Waals surface area contributed by atoms with Crippen LogP contribution in [-0.4, -0.2) is 29.2 Å². The van der Waals surface area contributed by atoms with Crippen molar-refractivity contribution in [1.29, 1.82) is 0 Å². The average Bonchev–Trinajstić information content (AvgIpc) is 2.85. The third kappa shape index (κ3) is 3.46. The molecule has 4 heteroatoms. The van der Waals surface area contributed by atoms with E-state index in [0.717, 1.165) is 23.2 Å². The third-order valence-electron chi connectivity index (χ3n) is 3.68. The van der Waals surface area contributed by atoms with E-state index in [1.807, 2.05) is 12.1 Å². The van der Waals surface area contributed by atoms with Gasteiger partial charge in [-0.25, -0.2) is 0 Å². The zero-order valence-electron chi connectivity index (χ0n) is 10.6. The molecule has 3 N–H and O–H groups in total. The Bertz CT molecular complexity index is 391. The second-order valence-corrected chi connectivity index (χ2v) is 5.84. The van der Waals surface area contributed by atoms with Crippen molar-refractivity contribution in [3.05, 3.63) is 28.2 Å². The first-order chi connectivity index (χ1) is 8.70. The van der Waals surface area contributed by atoms with E-state index < -0.39 is 0 Å². The highest BCUT2D eigenvalue weighted by atomic mass is 79.9. The molecule has 0 saturated heterocycles. The number of benzene rings is 1. The molecule has 0 heterocycles. The number of halogens is 1. The Kier molecular flexibility index (Phi) is 5.03. The predicted molar refractivity (Wildman–Crippen MR) is 78.3 cm³/mol. The summed E-state index contributed by atoms with van der Waals surface area (Å²) < 4.78 is 1.06. The fourth-order valence-electron chi connectivity index (χ4n) is 2.70. The first kappa shape index (κ1) is 13.8. The van der Waals surface area contributed by atoms with Gasteiger partial charge in [0.1, 0.15) is 0 Å². The van der Waals surface area contributed by atoms with Gasteiger partial charge < -0.3 is 10.8 Å². The maximum atomic E-state index is 9.22. The van der Waals surface area contributed by atoms with Crippen LogP contribution < -0.4 is 5.73 Å². The highest BCUT2D eigenvalue weighted by Crippen LogP contribution is 2.27. The molecule has 0 spiro atoms. The summed E-state index contributed by atoms with van der Waals surface area (Å²) in [6.07, 6.45) is 5.14. The normalized spacial score (nSPS) is 16.6. The van der Waals surface area contributed by atoms with Gasteiger partial charge in [-0.1, -0.05) is 34.8 Å². The van der Waals surface area contributed by atoms with Crippen LogP contribution >= 0.6 is 15.9 Å². The van der Waals surface area contributed by atoms with Crippen LogP contribution in [0.4, 0.5) is 5.69 Å². The summed E-state index contributed by atoms with van der Waals surface area (Å²) in [7, 11) is 0. The molecule has 1 aromatic rings. The Hall–Kier alpha value is -0.580. The number of rotatable bonds is 5. The van der Waals surface area contributed by atoms with Crippen LogP contribution in [0, 0.1) is 0 Å². The van der Waals surface area contributed by atoms with Crippen LogP contribution in [-0.2, 0) is 6.54 Å². The summed E-state index contributed by atoms with van der Waals surface area (Å²) >= 11 is 3.57. The van der Waals surface area contributed by atoms with Crippen LogP contribution in [0.2, 0.25) is 0 Å². The standard InChI is InChI=1S/C14H21BrN2O/c15-14-9-12(16)6-5-11(14)10-17(7-8-18)13-3-1-2-4-13/h5-6,9,13,18H,1-4,7-8,10,16H2. The highest BCUT2D eigenvalue weighted by Gasteiger charge is 2.22. The van der Waals surface area contributed by atoms with E-state index in [1.165, 1.54) is 31.2 Å². The SMILES string of the molecule is Nc1ccc(CN(CCO)C2CCCC2)c(Br)c1. The van der Waals surface area contributed by atoms with Crippen LogP contribution in [0.3, 0.4) is 0 Å². The maximum Gasteiger partial charge on any atom is 0.0558 e. The first-order valence-corrected chi connectivity index (χ1v) is 7.39. The van der Waals surface area contributed by atoms with Gasteiger partial charge >= 0.3 is 0 Å². The Morgan fingerprint density at radius 1 is 1.33 bits per heavy atom. The molecule has 0 unspecified atom stereocenters. The molecule has 0 amide bonds. The fraction of sp³-hybridized carbons (Fsp3) is 0.571.